The summed E-state index contributed by atoms with van der Waals surface area (Å²) < 4.78 is 0. The van der Waals surface area contributed by atoms with E-state index in [2.05, 4.69) is 32.1 Å². The summed E-state index contributed by atoms with van der Waals surface area (Å²) in [6.07, 6.45) is 28.0. The van der Waals surface area contributed by atoms with Crippen LogP contribution in [0.2, 0.25) is 0 Å². The van der Waals surface area contributed by atoms with E-state index in [-0.39, 0.29) is 0 Å². The number of hydrogen-bond donors (Lipinski definition) is 0. The van der Waals surface area contributed by atoms with Gasteiger partial charge in [0.25, 0.3) is 0 Å². The van der Waals surface area contributed by atoms with Crippen LogP contribution >= 0.6 is 0 Å². The molecule has 0 aromatic carbocycles. The zero-order valence-electron chi connectivity index (χ0n) is 13.9. The Balaban J connectivity index is 3.01. The van der Waals surface area contributed by atoms with Gasteiger partial charge in [-0.2, -0.15) is 0 Å². The van der Waals surface area contributed by atoms with Crippen molar-refractivity contribution < 1.29 is 0 Å². The first kappa shape index (κ1) is 19.5. The Morgan fingerprint density at radius 1 is 0.600 bits per heavy atom. The van der Waals surface area contributed by atoms with Gasteiger partial charge < -0.3 is 0 Å². The smallest absolute Gasteiger partial charge is 0.0169 e. The molecule has 0 saturated carbocycles. The molecule has 117 valence electrons. The highest BCUT2D eigenvalue weighted by atomic mass is 14.0. The summed E-state index contributed by atoms with van der Waals surface area (Å²) in [6.45, 7) is 5.97. The van der Waals surface area contributed by atoms with Gasteiger partial charge in [-0.1, -0.05) is 102 Å². The van der Waals surface area contributed by atoms with Crippen molar-refractivity contribution >= 4 is 0 Å². The predicted molar refractivity (Wildman–Crippen MR) is 93.9 cm³/mol. The molecular formula is C20H37. The van der Waals surface area contributed by atoms with E-state index in [0.29, 0.717) is 0 Å². The van der Waals surface area contributed by atoms with Crippen molar-refractivity contribution in [2.75, 3.05) is 0 Å². The van der Waals surface area contributed by atoms with Crippen LogP contribution < -0.4 is 0 Å². The van der Waals surface area contributed by atoms with Crippen LogP contribution in [-0.4, -0.2) is 0 Å². The van der Waals surface area contributed by atoms with Crippen LogP contribution in [0.25, 0.3) is 0 Å². The first-order valence-corrected chi connectivity index (χ1v) is 9.01. The topological polar surface area (TPSA) is 0 Å². The Hall–Kier alpha value is -0.520. The fourth-order valence-corrected chi connectivity index (χ4v) is 2.49. The average molecular weight is 278 g/mol. The third-order valence-corrected chi connectivity index (χ3v) is 3.83. The normalized spacial score (nSPS) is 11.9. The molecule has 0 aromatic rings. The van der Waals surface area contributed by atoms with Crippen LogP contribution in [0.5, 0.6) is 0 Å². The van der Waals surface area contributed by atoms with E-state index in [1.807, 2.05) is 6.08 Å². The largest absolute Gasteiger partial charge is 0.0882 e. The standard InChI is InChI=1S/C20H37/c1-3-5-7-9-11-13-15-17-19-20-18-16-14-12-10-8-6-4-2/h3,5,9,11H,1,4,6-8,10,12-20H2,2H3. The Morgan fingerprint density at radius 3 is 1.60 bits per heavy atom. The summed E-state index contributed by atoms with van der Waals surface area (Å²) in [4.78, 5) is 0. The summed E-state index contributed by atoms with van der Waals surface area (Å²) in [6, 6.07) is 0. The molecule has 0 fully saturated rings. The molecule has 0 aliphatic carbocycles. The van der Waals surface area contributed by atoms with Gasteiger partial charge in [-0.05, 0) is 26.2 Å². The zero-order valence-corrected chi connectivity index (χ0v) is 13.9. The molecule has 0 N–H and O–H groups in total. The fourth-order valence-electron chi connectivity index (χ4n) is 2.49. The first-order chi connectivity index (χ1) is 9.91. The molecule has 0 nitrogen and oxygen atoms in total. The van der Waals surface area contributed by atoms with Crippen LogP contribution in [0.15, 0.2) is 24.3 Å². The van der Waals surface area contributed by atoms with Crippen LogP contribution in [0, 0.1) is 6.92 Å². The summed E-state index contributed by atoms with van der Waals surface area (Å²) in [5.41, 5.74) is 0. The van der Waals surface area contributed by atoms with Crippen molar-refractivity contribution in [3.05, 3.63) is 31.2 Å². The monoisotopic (exact) mass is 277 g/mol. The van der Waals surface area contributed by atoms with Crippen LogP contribution in [0.1, 0.15) is 96.8 Å². The average Bonchev–Trinajstić information content (AvgIpc) is 2.47. The molecule has 0 heteroatoms. The van der Waals surface area contributed by atoms with Crippen molar-refractivity contribution in [2.45, 2.75) is 96.8 Å². The van der Waals surface area contributed by atoms with Crippen molar-refractivity contribution in [1.82, 2.24) is 0 Å². The maximum atomic E-state index is 3.68. The van der Waals surface area contributed by atoms with Gasteiger partial charge in [0.15, 0.2) is 0 Å². The Bertz CT molecular complexity index is 212. The van der Waals surface area contributed by atoms with Gasteiger partial charge in [0.2, 0.25) is 0 Å². The molecular weight excluding hydrogens is 240 g/mol. The van der Waals surface area contributed by atoms with Crippen LogP contribution in [0.3, 0.4) is 0 Å². The van der Waals surface area contributed by atoms with E-state index in [9.17, 15) is 0 Å². The lowest BCUT2D eigenvalue weighted by Gasteiger charge is -2.02. The van der Waals surface area contributed by atoms with Crippen LogP contribution in [-0.2, 0) is 0 Å². The Labute approximate surface area is 128 Å². The van der Waals surface area contributed by atoms with Crippen molar-refractivity contribution in [2.24, 2.45) is 0 Å². The highest BCUT2D eigenvalue weighted by Gasteiger charge is 1.92. The minimum Gasteiger partial charge on any atom is -0.0882 e. The van der Waals surface area contributed by atoms with E-state index in [1.54, 1.807) is 0 Å². The molecule has 20 heavy (non-hydrogen) atoms. The highest BCUT2D eigenvalue weighted by Crippen LogP contribution is 2.12. The molecule has 0 heterocycles. The highest BCUT2D eigenvalue weighted by molar-refractivity contribution is 4.93. The van der Waals surface area contributed by atoms with Crippen molar-refractivity contribution in [1.29, 1.82) is 0 Å². The second-order valence-corrected chi connectivity index (χ2v) is 5.86. The summed E-state index contributed by atoms with van der Waals surface area (Å²) >= 11 is 0. The van der Waals surface area contributed by atoms with E-state index in [0.717, 1.165) is 6.42 Å². The molecule has 0 aliphatic rings. The lowest BCUT2D eigenvalue weighted by molar-refractivity contribution is 0.545. The van der Waals surface area contributed by atoms with Crippen LogP contribution in [0.4, 0.5) is 0 Å². The van der Waals surface area contributed by atoms with Crippen molar-refractivity contribution in [3.8, 4) is 0 Å². The SMILES string of the molecule is [CH2]C=CCC=CCCCCCCCCCCCCCC. The van der Waals surface area contributed by atoms with Gasteiger partial charge in [0.05, 0.1) is 0 Å². The second-order valence-electron chi connectivity index (χ2n) is 5.86. The molecule has 1 radical (unpaired) electrons. The Morgan fingerprint density at radius 2 is 1.10 bits per heavy atom. The van der Waals surface area contributed by atoms with Crippen molar-refractivity contribution in [3.63, 3.8) is 0 Å². The number of rotatable bonds is 15. The molecule has 0 saturated heterocycles. The van der Waals surface area contributed by atoms with Gasteiger partial charge >= 0.3 is 0 Å². The maximum Gasteiger partial charge on any atom is -0.0169 e. The Kier molecular flexibility index (Phi) is 18.0. The van der Waals surface area contributed by atoms with E-state index in [1.165, 1.54) is 83.5 Å². The summed E-state index contributed by atoms with van der Waals surface area (Å²) in [7, 11) is 0. The van der Waals surface area contributed by atoms with Gasteiger partial charge in [-0.25, -0.2) is 0 Å². The maximum absolute atomic E-state index is 3.68. The first-order valence-electron chi connectivity index (χ1n) is 9.01. The third kappa shape index (κ3) is 17.5. The summed E-state index contributed by atoms with van der Waals surface area (Å²) in [5, 5.41) is 0. The molecule has 0 bridgehead atoms. The molecule has 0 atom stereocenters. The minimum atomic E-state index is 1.04. The van der Waals surface area contributed by atoms with E-state index < -0.39 is 0 Å². The van der Waals surface area contributed by atoms with Gasteiger partial charge in [0.1, 0.15) is 0 Å². The van der Waals surface area contributed by atoms with Gasteiger partial charge in [-0.15, -0.1) is 0 Å². The molecule has 0 aliphatic heterocycles. The zero-order chi connectivity index (χ0) is 14.7. The predicted octanol–water partition coefficient (Wildman–Crippen LogP) is 7.41. The molecule has 0 aromatic heterocycles. The lowest BCUT2D eigenvalue weighted by atomic mass is 10.0. The molecule has 0 unspecified atom stereocenters. The molecule has 0 rings (SSSR count). The van der Waals surface area contributed by atoms with E-state index in [4.69, 9.17) is 0 Å². The third-order valence-electron chi connectivity index (χ3n) is 3.83. The minimum absolute atomic E-state index is 1.04. The quantitative estimate of drug-likeness (QED) is 0.216. The second kappa shape index (κ2) is 18.5. The fraction of sp³-hybridized carbons (Fsp3) is 0.750. The number of allylic oxidation sites excluding steroid dienone is 4. The number of hydrogen-bond acceptors (Lipinski definition) is 0. The molecule has 0 amide bonds. The lowest BCUT2D eigenvalue weighted by Crippen LogP contribution is -1.82. The summed E-state index contributed by atoms with van der Waals surface area (Å²) in [5.74, 6) is 0. The van der Waals surface area contributed by atoms with Gasteiger partial charge in [-0.3, -0.25) is 0 Å². The number of unbranched alkanes of at least 4 members (excludes halogenated alkanes) is 12. The molecule has 0 spiro atoms. The van der Waals surface area contributed by atoms with Gasteiger partial charge in [0, 0.05) is 0 Å². The van der Waals surface area contributed by atoms with E-state index >= 15 is 0 Å².